The number of benzene rings is 1. The largest absolute Gasteiger partial charge is 0.496 e. The van der Waals surface area contributed by atoms with E-state index in [1.165, 1.54) is 11.8 Å². The summed E-state index contributed by atoms with van der Waals surface area (Å²) in [5.74, 6) is 0.326. The zero-order chi connectivity index (χ0) is 13.0. The van der Waals surface area contributed by atoms with Gasteiger partial charge < -0.3 is 14.7 Å². The third-order valence-electron chi connectivity index (χ3n) is 2.38. The lowest BCUT2D eigenvalue weighted by molar-refractivity contribution is -0.138. The predicted molar refractivity (Wildman–Crippen MR) is 66.2 cm³/mol. The van der Waals surface area contributed by atoms with E-state index in [0.29, 0.717) is 17.3 Å². The molecule has 17 heavy (non-hydrogen) atoms. The molecule has 5 heteroatoms. The maximum Gasteiger partial charge on any atom is 0.251 e. The van der Waals surface area contributed by atoms with E-state index < -0.39 is 6.10 Å². The Morgan fingerprint density at radius 3 is 2.76 bits per heavy atom. The van der Waals surface area contributed by atoms with Crippen LogP contribution in [0, 0.1) is 0 Å². The van der Waals surface area contributed by atoms with Gasteiger partial charge in [-0.1, -0.05) is 11.6 Å². The summed E-state index contributed by atoms with van der Waals surface area (Å²) in [7, 11) is 3.18. The van der Waals surface area contributed by atoms with E-state index in [-0.39, 0.29) is 5.91 Å². The lowest BCUT2D eigenvalue weighted by Crippen LogP contribution is -2.34. The maximum atomic E-state index is 11.5. The summed E-state index contributed by atoms with van der Waals surface area (Å²) in [6, 6.07) is 5.21. The molecule has 0 saturated carbocycles. The maximum absolute atomic E-state index is 11.5. The summed E-state index contributed by atoms with van der Waals surface area (Å²) < 4.78 is 5.18. The summed E-state index contributed by atoms with van der Waals surface area (Å²) in [5, 5.41) is 9.78. The quantitative estimate of drug-likeness (QED) is 0.893. The minimum Gasteiger partial charge on any atom is -0.496 e. The summed E-state index contributed by atoms with van der Waals surface area (Å²) in [4.78, 5) is 13.0. The SMILES string of the molecule is COc1ccc(Cl)cc1CN(C)C(=O)C(C)O. The number of amides is 1. The highest BCUT2D eigenvalue weighted by Gasteiger charge is 2.16. The summed E-state index contributed by atoms with van der Waals surface area (Å²) in [6.45, 7) is 1.78. The number of hydrogen-bond acceptors (Lipinski definition) is 3. The van der Waals surface area contributed by atoms with Crippen molar-refractivity contribution >= 4 is 17.5 Å². The molecule has 0 radical (unpaired) electrons. The fourth-order valence-electron chi connectivity index (χ4n) is 1.52. The molecule has 1 N–H and O–H groups in total. The van der Waals surface area contributed by atoms with Crippen LogP contribution in [0.25, 0.3) is 0 Å². The van der Waals surface area contributed by atoms with Crippen molar-refractivity contribution in [3.8, 4) is 5.75 Å². The molecule has 94 valence electrons. The number of ether oxygens (including phenoxy) is 1. The molecule has 0 aliphatic carbocycles. The molecular formula is C12H16ClNO3. The van der Waals surface area contributed by atoms with E-state index in [2.05, 4.69) is 0 Å². The van der Waals surface area contributed by atoms with Crippen molar-refractivity contribution in [3.05, 3.63) is 28.8 Å². The van der Waals surface area contributed by atoms with Gasteiger partial charge in [0.2, 0.25) is 0 Å². The first-order valence-electron chi connectivity index (χ1n) is 5.21. The number of carbonyl (C=O) groups is 1. The summed E-state index contributed by atoms with van der Waals surface area (Å²) in [5.41, 5.74) is 0.802. The highest BCUT2D eigenvalue weighted by molar-refractivity contribution is 6.30. The molecule has 0 bridgehead atoms. The van der Waals surface area contributed by atoms with Crippen LogP contribution in [-0.4, -0.2) is 36.2 Å². The minimum absolute atomic E-state index is 0.341. The van der Waals surface area contributed by atoms with Crippen molar-refractivity contribution < 1.29 is 14.6 Å². The molecule has 0 spiro atoms. The second-order valence-electron chi connectivity index (χ2n) is 3.83. The van der Waals surface area contributed by atoms with Gasteiger partial charge in [-0.3, -0.25) is 4.79 Å². The Morgan fingerprint density at radius 1 is 1.59 bits per heavy atom. The second kappa shape index (κ2) is 5.89. The van der Waals surface area contributed by atoms with Gasteiger partial charge in [-0.15, -0.1) is 0 Å². The third-order valence-corrected chi connectivity index (χ3v) is 2.62. The van der Waals surface area contributed by atoms with E-state index in [0.717, 1.165) is 5.56 Å². The van der Waals surface area contributed by atoms with Gasteiger partial charge in [0.1, 0.15) is 11.9 Å². The molecule has 1 rings (SSSR count). The van der Waals surface area contributed by atoms with E-state index in [1.54, 1.807) is 32.4 Å². The average molecular weight is 258 g/mol. The van der Waals surface area contributed by atoms with Crippen LogP contribution in [0.15, 0.2) is 18.2 Å². The van der Waals surface area contributed by atoms with Gasteiger partial charge in [-0.2, -0.15) is 0 Å². The highest BCUT2D eigenvalue weighted by Crippen LogP contribution is 2.23. The van der Waals surface area contributed by atoms with Gasteiger partial charge in [0.25, 0.3) is 5.91 Å². The third kappa shape index (κ3) is 3.61. The van der Waals surface area contributed by atoms with Crippen molar-refractivity contribution in [2.45, 2.75) is 19.6 Å². The van der Waals surface area contributed by atoms with Crippen molar-refractivity contribution in [1.82, 2.24) is 4.90 Å². The standard InChI is InChI=1S/C12H16ClNO3/c1-8(15)12(16)14(2)7-9-6-10(13)4-5-11(9)17-3/h4-6,8,15H,7H2,1-3H3. The van der Waals surface area contributed by atoms with E-state index in [9.17, 15) is 9.90 Å². The molecule has 1 atom stereocenters. The summed E-state index contributed by atoms with van der Waals surface area (Å²) >= 11 is 5.89. The smallest absolute Gasteiger partial charge is 0.251 e. The first-order chi connectivity index (χ1) is 7.95. The number of hydrogen-bond donors (Lipinski definition) is 1. The molecule has 0 fully saturated rings. The number of rotatable bonds is 4. The zero-order valence-corrected chi connectivity index (χ0v) is 10.9. The van der Waals surface area contributed by atoms with Gasteiger partial charge in [-0.25, -0.2) is 0 Å². The van der Waals surface area contributed by atoms with Crippen LogP contribution in [0.1, 0.15) is 12.5 Å². The fraction of sp³-hybridized carbons (Fsp3) is 0.417. The van der Waals surface area contributed by atoms with E-state index >= 15 is 0 Å². The van der Waals surface area contributed by atoms with Crippen molar-refractivity contribution in [2.75, 3.05) is 14.2 Å². The van der Waals surface area contributed by atoms with Crippen LogP contribution >= 0.6 is 11.6 Å². The predicted octanol–water partition coefficient (Wildman–Crippen LogP) is 1.69. The van der Waals surface area contributed by atoms with Crippen LogP contribution in [0.5, 0.6) is 5.75 Å². The molecule has 1 aromatic rings. The Balaban J connectivity index is 2.87. The molecular weight excluding hydrogens is 242 g/mol. The molecule has 4 nitrogen and oxygen atoms in total. The Hall–Kier alpha value is -1.26. The molecule has 0 aliphatic heterocycles. The van der Waals surface area contributed by atoms with Crippen molar-refractivity contribution in [2.24, 2.45) is 0 Å². The highest BCUT2D eigenvalue weighted by atomic mass is 35.5. The molecule has 1 aromatic carbocycles. The first-order valence-corrected chi connectivity index (χ1v) is 5.59. The number of aliphatic hydroxyl groups is 1. The lowest BCUT2D eigenvalue weighted by atomic mass is 10.2. The van der Waals surface area contributed by atoms with E-state index in [4.69, 9.17) is 16.3 Å². The molecule has 0 aromatic heterocycles. The van der Waals surface area contributed by atoms with E-state index in [1.807, 2.05) is 0 Å². The number of halogens is 1. The average Bonchev–Trinajstić information content (AvgIpc) is 2.28. The monoisotopic (exact) mass is 257 g/mol. The number of methoxy groups -OCH3 is 1. The van der Waals surface area contributed by atoms with Crippen LogP contribution in [0.3, 0.4) is 0 Å². The number of nitrogens with zero attached hydrogens (tertiary/aromatic N) is 1. The van der Waals surface area contributed by atoms with Gasteiger partial charge in [0.05, 0.1) is 7.11 Å². The van der Waals surface area contributed by atoms with Crippen molar-refractivity contribution in [1.29, 1.82) is 0 Å². The fourth-order valence-corrected chi connectivity index (χ4v) is 1.72. The normalized spacial score (nSPS) is 12.1. The number of carbonyl (C=O) groups excluding carboxylic acids is 1. The Kier molecular flexibility index (Phi) is 4.78. The van der Waals surface area contributed by atoms with Gasteiger partial charge >= 0.3 is 0 Å². The summed E-state index contributed by atoms with van der Waals surface area (Å²) in [6.07, 6.45) is -1.01. The lowest BCUT2D eigenvalue weighted by Gasteiger charge is -2.20. The molecule has 1 amide bonds. The first kappa shape index (κ1) is 13.8. The van der Waals surface area contributed by atoms with Crippen LogP contribution in [-0.2, 0) is 11.3 Å². The van der Waals surface area contributed by atoms with Gasteiger partial charge in [0, 0.05) is 24.2 Å². The zero-order valence-electron chi connectivity index (χ0n) is 10.1. The minimum atomic E-state index is -1.01. The van der Waals surface area contributed by atoms with Crippen LogP contribution < -0.4 is 4.74 Å². The van der Waals surface area contributed by atoms with Crippen molar-refractivity contribution in [3.63, 3.8) is 0 Å². The molecule has 0 saturated heterocycles. The molecule has 0 aliphatic rings. The molecule has 1 unspecified atom stereocenters. The molecule has 0 heterocycles. The second-order valence-corrected chi connectivity index (χ2v) is 4.26. The topological polar surface area (TPSA) is 49.8 Å². The Morgan fingerprint density at radius 2 is 2.24 bits per heavy atom. The van der Waals surface area contributed by atoms with Gasteiger partial charge in [0.15, 0.2) is 0 Å². The number of likely N-dealkylation sites (N-methyl/N-ethyl adjacent to an activating group) is 1. The van der Waals surface area contributed by atoms with Crippen LogP contribution in [0.2, 0.25) is 5.02 Å². The number of aliphatic hydroxyl groups excluding tert-OH is 1. The Bertz CT molecular complexity index is 407. The Labute approximate surface area is 106 Å². The van der Waals surface area contributed by atoms with Gasteiger partial charge in [-0.05, 0) is 25.1 Å². The van der Waals surface area contributed by atoms with Crippen LogP contribution in [0.4, 0.5) is 0 Å².